The molecular formula is C21H19BrN2O3S. The summed E-state index contributed by atoms with van der Waals surface area (Å²) in [6.07, 6.45) is 1.65. The number of amides is 3. The van der Waals surface area contributed by atoms with Gasteiger partial charge in [0.1, 0.15) is 6.54 Å². The highest BCUT2D eigenvalue weighted by Crippen LogP contribution is 2.32. The van der Waals surface area contributed by atoms with Crippen LogP contribution < -0.4 is 5.32 Å². The normalized spacial score (nSPS) is 15.4. The van der Waals surface area contributed by atoms with Crippen LogP contribution >= 0.6 is 27.7 Å². The lowest BCUT2D eigenvalue weighted by molar-refractivity contribution is -0.127. The van der Waals surface area contributed by atoms with Crippen LogP contribution in [0.5, 0.6) is 0 Å². The molecular weight excluding hydrogens is 440 g/mol. The summed E-state index contributed by atoms with van der Waals surface area (Å²) in [6, 6.07) is 11.4. The molecule has 1 aliphatic rings. The maximum absolute atomic E-state index is 12.6. The smallest absolute Gasteiger partial charge is 0.294 e. The maximum Gasteiger partial charge on any atom is 0.294 e. The summed E-state index contributed by atoms with van der Waals surface area (Å²) in [4.78, 5) is 38.6. The summed E-state index contributed by atoms with van der Waals surface area (Å²) in [5.74, 6) is -0.858. The zero-order valence-electron chi connectivity index (χ0n) is 15.7. The maximum atomic E-state index is 12.6. The van der Waals surface area contributed by atoms with Gasteiger partial charge in [-0.05, 0) is 67.4 Å². The van der Waals surface area contributed by atoms with Crippen LogP contribution in [0, 0.1) is 20.8 Å². The molecule has 2 aromatic rings. The lowest BCUT2D eigenvalue weighted by Gasteiger charge is -2.15. The van der Waals surface area contributed by atoms with E-state index in [0.717, 1.165) is 43.4 Å². The van der Waals surface area contributed by atoms with Crippen molar-refractivity contribution in [3.8, 4) is 0 Å². The molecule has 1 fully saturated rings. The number of nitrogens with one attached hydrogen (secondary N) is 1. The van der Waals surface area contributed by atoms with E-state index in [1.807, 2.05) is 57.2 Å². The molecule has 0 aliphatic carbocycles. The molecule has 1 N–H and O–H groups in total. The predicted molar refractivity (Wildman–Crippen MR) is 116 cm³/mol. The van der Waals surface area contributed by atoms with E-state index < -0.39 is 17.1 Å². The molecule has 1 saturated heterocycles. The number of nitrogens with zero attached hydrogens (tertiary/aromatic N) is 1. The van der Waals surface area contributed by atoms with Gasteiger partial charge in [-0.2, -0.15) is 0 Å². The quantitative estimate of drug-likeness (QED) is 0.650. The second-order valence-corrected chi connectivity index (χ2v) is 8.55. The lowest BCUT2D eigenvalue weighted by atomic mass is 10.1. The Labute approximate surface area is 176 Å². The molecule has 0 saturated carbocycles. The highest BCUT2D eigenvalue weighted by Gasteiger charge is 2.36. The summed E-state index contributed by atoms with van der Waals surface area (Å²) in [5.41, 5.74) is 4.50. The van der Waals surface area contributed by atoms with Crippen molar-refractivity contribution >= 4 is 56.5 Å². The Morgan fingerprint density at radius 1 is 1.14 bits per heavy atom. The van der Waals surface area contributed by atoms with Crippen LogP contribution in [-0.4, -0.2) is 28.5 Å². The van der Waals surface area contributed by atoms with Gasteiger partial charge in [-0.1, -0.05) is 45.8 Å². The Hall–Kier alpha value is -2.38. The van der Waals surface area contributed by atoms with E-state index in [1.165, 1.54) is 0 Å². The zero-order valence-corrected chi connectivity index (χ0v) is 18.1. The summed E-state index contributed by atoms with van der Waals surface area (Å²) in [5, 5.41) is 2.38. The molecule has 144 valence electrons. The van der Waals surface area contributed by atoms with E-state index in [0.29, 0.717) is 10.6 Å². The second kappa shape index (κ2) is 8.32. The number of benzene rings is 2. The molecule has 5 nitrogen and oxygen atoms in total. The first-order valence-electron chi connectivity index (χ1n) is 8.63. The average Bonchev–Trinajstić information content (AvgIpc) is 2.85. The largest absolute Gasteiger partial charge is 0.324 e. The van der Waals surface area contributed by atoms with Gasteiger partial charge in [0, 0.05) is 10.2 Å². The predicted octanol–water partition coefficient (Wildman–Crippen LogP) is 5.05. The van der Waals surface area contributed by atoms with Gasteiger partial charge in [-0.25, -0.2) is 0 Å². The average molecular weight is 459 g/mol. The Morgan fingerprint density at radius 3 is 2.46 bits per heavy atom. The van der Waals surface area contributed by atoms with Crippen LogP contribution in [0.1, 0.15) is 22.3 Å². The molecule has 2 aromatic carbocycles. The van der Waals surface area contributed by atoms with Crippen molar-refractivity contribution in [2.75, 3.05) is 11.9 Å². The summed E-state index contributed by atoms with van der Waals surface area (Å²) in [6.45, 7) is 5.50. The number of aryl methyl sites for hydroxylation is 3. The fourth-order valence-corrected chi connectivity index (χ4v) is 4.34. The summed E-state index contributed by atoms with van der Waals surface area (Å²) >= 11 is 4.22. The first-order chi connectivity index (χ1) is 13.2. The minimum absolute atomic E-state index is 0.304. The summed E-state index contributed by atoms with van der Waals surface area (Å²) in [7, 11) is 0. The van der Waals surface area contributed by atoms with Gasteiger partial charge in [0.2, 0.25) is 5.91 Å². The van der Waals surface area contributed by atoms with Crippen LogP contribution in [-0.2, 0) is 9.59 Å². The Balaban J connectivity index is 1.73. The second-order valence-electron chi connectivity index (χ2n) is 6.64. The van der Waals surface area contributed by atoms with E-state index in [2.05, 4.69) is 21.2 Å². The number of carbonyl (C=O) groups is 3. The number of hydrogen-bond acceptors (Lipinski definition) is 4. The number of thioether (sulfide) groups is 1. The number of rotatable bonds is 4. The van der Waals surface area contributed by atoms with Gasteiger partial charge >= 0.3 is 0 Å². The molecule has 7 heteroatoms. The zero-order chi connectivity index (χ0) is 20.4. The summed E-state index contributed by atoms with van der Waals surface area (Å²) < 4.78 is 0.878. The third kappa shape index (κ3) is 4.54. The van der Waals surface area contributed by atoms with E-state index >= 15 is 0 Å². The standard InChI is InChI=1S/C21H19BrN2O3S/c1-12-7-13(2)19(14(3)8-12)23-18(25)11-24-20(26)17(28-21(24)27)10-15-5-4-6-16(22)9-15/h4-10H,11H2,1-3H3,(H,23,25)/b17-10+. The van der Waals surface area contributed by atoms with Crippen molar-refractivity contribution in [1.29, 1.82) is 0 Å². The molecule has 0 aromatic heterocycles. The van der Waals surface area contributed by atoms with Crippen molar-refractivity contribution in [2.24, 2.45) is 0 Å². The number of anilines is 1. The van der Waals surface area contributed by atoms with Crippen molar-refractivity contribution in [3.05, 3.63) is 68.0 Å². The SMILES string of the molecule is Cc1cc(C)c(NC(=O)CN2C(=O)S/C(=C/c3cccc(Br)c3)C2=O)c(C)c1. The molecule has 1 heterocycles. The van der Waals surface area contributed by atoms with Crippen LogP contribution in [0.4, 0.5) is 10.5 Å². The van der Waals surface area contributed by atoms with Crippen LogP contribution in [0.3, 0.4) is 0 Å². The Morgan fingerprint density at radius 2 is 1.82 bits per heavy atom. The van der Waals surface area contributed by atoms with Crippen molar-refractivity contribution < 1.29 is 14.4 Å². The molecule has 0 spiro atoms. The van der Waals surface area contributed by atoms with Crippen LogP contribution in [0.25, 0.3) is 6.08 Å². The lowest BCUT2D eigenvalue weighted by Crippen LogP contribution is -2.36. The molecule has 0 atom stereocenters. The van der Waals surface area contributed by atoms with E-state index in [-0.39, 0.29) is 6.54 Å². The molecule has 1 aliphatic heterocycles. The van der Waals surface area contributed by atoms with Crippen LogP contribution in [0.2, 0.25) is 0 Å². The number of hydrogen-bond donors (Lipinski definition) is 1. The van der Waals surface area contributed by atoms with Crippen LogP contribution in [0.15, 0.2) is 45.8 Å². The van der Waals surface area contributed by atoms with Gasteiger partial charge in [0.15, 0.2) is 0 Å². The van der Waals surface area contributed by atoms with Crippen molar-refractivity contribution in [2.45, 2.75) is 20.8 Å². The monoisotopic (exact) mass is 458 g/mol. The van der Waals surface area contributed by atoms with Crippen molar-refractivity contribution in [3.63, 3.8) is 0 Å². The molecule has 3 amide bonds. The van der Waals surface area contributed by atoms with Gasteiger partial charge in [0.25, 0.3) is 11.1 Å². The highest BCUT2D eigenvalue weighted by atomic mass is 79.9. The van der Waals surface area contributed by atoms with Gasteiger partial charge in [0.05, 0.1) is 4.91 Å². The number of halogens is 1. The Kier molecular flexibility index (Phi) is 6.05. The van der Waals surface area contributed by atoms with E-state index in [4.69, 9.17) is 0 Å². The topological polar surface area (TPSA) is 66.5 Å². The molecule has 0 bridgehead atoms. The Bertz CT molecular complexity index is 993. The third-order valence-corrected chi connectivity index (χ3v) is 5.66. The van der Waals surface area contributed by atoms with Crippen molar-refractivity contribution in [1.82, 2.24) is 4.90 Å². The fourth-order valence-electron chi connectivity index (χ4n) is 3.08. The molecule has 3 rings (SSSR count). The van der Waals surface area contributed by atoms with E-state index in [9.17, 15) is 14.4 Å². The minimum Gasteiger partial charge on any atom is -0.324 e. The highest BCUT2D eigenvalue weighted by molar-refractivity contribution is 9.10. The van der Waals surface area contributed by atoms with Gasteiger partial charge in [-0.3, -0.25) is 19.3 Å². The molecule has 28 heavy (non-hydrogen) atoms. The molecule has 0 unspecified atom stereocenters. The first kappa shape index (κ1) is 20.4. The van der Waals surface area contributed by atoms with Gasteiger partial charge in [-0.15, -0.1) is 0 Å². The number of carbonyl (C=O) groups excluding carboxylic acids is 3. The fraction of sp³-hybridized carbons (Fsp3) is 0.190. The molecule has 0 radical (unpaired) electrons. The minimum atomic E-state index is -0.456. The van der Waals surface area contributed by atoms with E-state index in [1.54, 1.807) is 6.08 Å². The number of imide groups is 1. The first-order valence-corrected chi connectivity index (χ1v) is 10.2. The third-order valence-electron chi connectivity index (χ3n) is 4.26. The van der Waals surface area contributed by atoms with Gasteiger partial charge < -0.3 is 5.32 Å².